The van der Waals surface area contributed by atoms with Crippen molar-refractivity contribution in [2.75, 3.05) is 14.1 Å². The predicted molar refractivity (Wildman–Crippen MR) is 43.3 cm³/mol. The highest BCUT2D eigenvalue weighted by atomic mass is 32.1. The molecule has 0 unspecified atom stereocenters. The van der Waals surface area contributed by atoms with E-state index in [0.29, 0.717) is 0 Å². The van der Waals surface area contributed by atoms with Crippen LogP contribution in [0.25, 0.3) is 0 Å². The molecule has 1 nitrogen and oxygen atoms in total. The summed E-state index contributed by atoms with van der Waals surface area (Å²) in [5.41, 5.74) is 0. The van der Waals surface area contributed by atoms with Gasteiger partial charge in [-0.1, -0.05) is 26.1 Å². The monoisotopic (exact) mass is 133 g/mol. The van der Waals surface area contributed by atoms with Crippen molar-refractivity contribution in [2.45, 2.75) is 20.8 Å². The lowest BCUT2D eigenvalue weighted by molar-refractivity contribution is 0.632. The molecule has 0 atom stereocenters. The van der Waals surface area contributed by atoms with E-state index >= 15 is 0 Å². The quantitative estimate of drug-likeness (QED) is 0.464. The lowest BCUT2D eigenvalue weighted by atomic mass is 10.7. The number of rotatable bonds is 0. The molecule has 2 heteroatoms. The van der Waals surface area contributed by atoms with Crippen molar-refractivity contribution in [3.8, 4) is 0 Å². The predicted octanol–water partition coefficient (Wildman–Crippen LogP) is 1.92. The summed E-state index contributed by atoms with van der Waals surface area (Å²) < 4.78 is 0. The zero-order valence-electron chi connectivity index (χ0n) is 6.36. The summed E-state index contributed by atoms with van der Waals surface area (Å²) in [6.45, 7) is 5.90. The van der Waals surface area contributed by atoms with E-state index in [-0.39, 0.29) is 0 Å². The molecule has 0 saturated heterocycles. The van der Waals surface area contributed by atoms with E-state index < -0.39 is 0 Å². The lowest BCUT2D eigenvalue weighted by Gasteiger charge is -2.06. The van der Waals surface area contributed by atoms with E-state index in [1.807, 2.05) is 39.8 Å². The van der Waals surface area contributed by atoms with Crippen LogP contribution in [0.5, 0.6) is 0 Å². The molecular weight excluding hydrogens is 118 g/mol. The van der Waals surface area contributed by atoms with Crippen LogP contribution < -0.4 is 0 Å². The molecule has 0 fully saturated rings. The molecule has 0 aliphatic heterocycles. The van der Waals surface area contributed by atoms with Gasteiger partial charge in [0.1, 0.15) is 0 Å². The first-order chi connectivity index (χ1) is 3.64. The second-order valence-corrected chi connectivity index (χ2v) is 2.00. The zero-order chi connectivity index (χ0) is 7.15. The van der Waals surface area contributed by atoms with E-state index in [4.69, 9.17) is 12.2 Å². The standard InChI is InChI=1S/C4H9NS.C2H6/c1-4(6)5(2)3;1-2/h1-3H3;1-2H3. The third-order valence-corrected chi connectivity index (χ3v) is 0.995. The van der Waals surface area contributed by atoms with Crippen LogP contribution in [0.4, 0.5) is 0 Å². The number of nitrogens with zero attached hydrogens (tertiary/aromatic N) is 1. The molecule has 0 aliphatic rings. The van der Waals surface area contributed by atoms with E-state index in [2.05, 4.69) is 0 Å². The van der Waals surface area contributed by atoms with Gasteiger partial charge in [0.2, 0.25) is 0 Å². The lowest BCUT2D eigenvalue weighted by Crippen LogP contribution is -2.15. The first-order valence-electron chi connectivity index (χ1n) is 2.82. The Morgan fingerprint density at radius 2 is 1.38 bits per heavy atom. The van der Waals surface area contributed by atoms with Gasteiger partial charge in [-0.2, -0.15) is 0 Å². The van der Waals surface area contributed by atoms with Crippen molar-refractivity contribution in [3.05, 3.63) is 0 Å². The Morgan fingerprint density at radius 3 is 1.38 bits per heavy atom. The van der Waals surface area contributed by atoms with Crippen LogP contribution in [0.2, 0.25) is 0 Å². The van der Waals surface area contributed by atoms with Gasteiger partial charge in [-0.05, 0) is 6.92 Å². The van der Waals surface area contributed by atoms with Gasteiger partial charge in [0.25, 0.3) is 0 Å². The van der Waals surface area contributed by atoms with Crippen molar-refractivity contribution < 1.29 is 0 Å². The summed E-state index contributed by atoms with van der Waals surface area (Å²) in [6, 6.07) is 0. The molecule has 50 valence electrons. The molecule has 0 spiro atoms. The van der Waals surface area contributed by atoms with Crippen molar-refractivity contribution >= 4 is 17.2 Å². The van der Waals surface area contributed by atoms with Crippen LogP contribution in [0.3, 0.4) is 0 Å². The van der Waals surface area contributed by atoms with Gasteiger partial charge in [-0.3, -0.25) is 0 Å². The van der Waals surface area contributed by atoms with Crippen LogP contribution in [0.15, 0.2) is 0 Å². The summed E-state index contributed by atoms with van der Waals surface area (Å²) in [5.74, 6) is 0. The normalized spacial score (nSPS) is 6.62. The number of thiocarbonyl (C=S) groups is 1. The molecule has 0 amide bonds. The Balaban J connectivity index is 0. The highest BCUT2D eigenvalue weighted by molar-refractivity contribution is 7.80. The highest BCUT2D eigenvalue weighted by Gasteiger charge is 1.82. The van der Waals surface area contributed by atoms with Crippen molar-refractivity contribution in [3.63, 3.8) is 0 Å². The van der Waals surface area contributed by atoms with Gasteiger partial charge < -0.3 is 4.90 Å². The topological polar surface area (TPSA) is 3.24 Å². The summed E-state index contributed by atoms with van der Waals surface area (Å²) in [5, 5.41) is 0. The van der Waals surface area contributed by atoms with E-state index in [0.717, 1.165) is 4.99 Å². The van der Waals surface area contributed by atoms with Crippen molar-refractivity contribution in [1.29, 1.82) is 0 Å². The van der Waals surface area contributed by atoms with Gasteiger partial charge >= 0.3 is 0 Å². The van der Waals surface area contributed by atoms with E-state index in [1.165, 1.54) is 0 Å². The van der Waals surface area contributed by atoms with Crippen LogP contribution in [-0.2, 0) is 0 Å². The van der Waals surface area contributed by atoms with Gasteiger partial charge in [0, 0.05) is 14.1 Å². The second-order valence-electron chi connectivity index (χ2n) is 1.41. The molecule has 8 heavy (non-hydrogen) atoms. The first-order valence-corrected chi connectivity index (χ1v) is 3.23. The average molecular weight is 133 g/mol. The minimum atomic E-state index is 0.926. The molecule has 0 rings (SSSR count). The molecule has 0 bridgehead atoms. The summed E-state index contributed by atoms with van der Waals surface area (Å²) >= 11 is 4.75. The SMILES string of the molecule is CC.CC(=S)N(C)C. The van der Waals surface area contributed by atoms with Crippen LogP contribution >= 0.6 is 12.2 Å². The van der Waals surface area contributed by atoms with Crippen molar-refractivity contribution in [2.24, 2.45) is 0 Å². The Morgan fingerprint density at radius 1 is 1.25 bits per heavy atom. The van der Waals surface area contributed by atoms with Gasteiger partial charge in [-0.15, -0.1) is 0 Å². The Labute approximate surface area is 57.7 Å². The van der Waals surface area contributed by atoms with E-state index in [9.17, 15) is 0 Å². The summed E-state index contributed by atoms with van der Waals surface area (Å²) in [4.78, 5) is 2.82. The van der Waals surface area contributed by atoms with Gasteiger partial charge in [-0.25, -0.2) is 0 Å². The molecular formula is C6H15NS. The Kier molecular flexibility index (Phi) is 9.30. The summed E-state index contributed by atoms with van der Waals surface area (Å²) in [6.07, 6.45) is 0. The molecule has 0 aromatic carbocycles. The number of hydrogen-bond acceptors (Lipinski definition) is 1. The minimum Gasteiger partial charge on any atom is -0.373 e. The molecule has 0 saturated carbocycles. The van der Waals surface area contributed by atoms with Crippen molar-refractivity contribution in [1.82, 2.24) is 4.90 Å². The average Bonchev–Trinajstić information content (AvgIpc) is 1.72. The fraction of sp³-hybridized carbons (Fsp3) is 0.833. The third kappa shape index (κ3) is 9.31. The van der Waals surface area contributed by atoms with Crippen LogP contribution in [0, 0.1) is 0 Å². The minimum absolute atomic E-state index is 0.926. The molecule has 0 radical (unpaired) electrons. The molecule has 0 aromatic rings. The number of hydrogen-bond donors (Lipinski definition) is 0. The van der Waals surface area contributed by atoms with Gasteiger partial charge in [0.15, 0.2) is 0 Å². The summed E-state index contributed by atoms with van der Waals surface area (Å²) in [7, 11) is 3.87. The van der Waals surface area contributed by atoms with Crippen LogP contribution in [0.1, 0.15) is 20.8 Å². The maximum Gasteiger partial charge on any atom is 0.0742 e. The first kappa shape index (κ1) is 10.8. The third-order valence-electron chi connectivity index (χ3n) is 0.630. The molecule has 0 aliphatic carbocycles. The fourth-order valence-electron chi connectivity index (χ4n) is 0. The Hall–Kier alpha value is -0.110. The fourth-order valence-corrected chi connectivity index (χ4v) is 0. The largest absolute Gasteiger partial charge is 0.373 e. The molecule has 0 aromatic heterocycles. The van der Waals surface area contributed by atoms with Gasteiger partial charge in [0.05, 0.1) is 4.99 Å². The van der Waals surface area contributed by atoms with E-state index in [1.54, 1.807) is 0 Å². The zero-order valence-corrected chi connectivity index (χ0v) is 7.17. The maximum absolute atomic E-state index is 4.75. The molecule has 0 heterocycles. The smallest absolute Gasteiger partial charge is 0.0742 e. The molecule has 0 N–H and O–H groups in total. The second kappa shape index (κ2) is 6.89. The maximum atomic E-state index is 4.75. The highest BCUT2D eigenvalue weighted by Crippen LogP contribution is 1.75. The Bertz CT molecular complexity index is 59.5. The van der Waals surface area contributed by atoms with Crippen LogP contribution in [-0.4, -0.2) is 24.0 Å².